The number of hydrogen-bond donors (Lipinski definition) is 1. The molecule has 1 fully saturated rings. The zero-order valence-electron chi connectivity index (χ0n) is 12.2. The molecular formula is C16H19N3O2. The average Bonchev–Trinajstić information content (AvgIpc) is 2.76. The summed E-state index contributed by atoms with van der Waals surface area (Å²) in [4.78, 5) is 34.1. The Morgan fingerprint density at radius 2 is 1.90 bits per heavy atom. The first-order valence-electron chi connectivity index (χ1n) is 7.45. The van der Waals surface area contributed by atoms with E-state index in [4.69, 9.17) is 0 Å². The van der Waals surface area contributed by atoms with Crippen LogP contribution in [0.1, 0.15) is 41.7 Å². The van der Waals surface area contributed by atoms with Crippen LogP contribution in [0.4, 0.5) is 0 Å². The van der Waals surface area contributed by atoms with Crippen molar-refractivity contribution in [1.29, 1.82) is 0 Å². The molecule has 0 radical (unpaired) electrons. The van der Waals surface area contributed by atoms with E-state index >= 15 is 0 Å². The highest BCUT2D eigenvalue weighted by atomic mass is 16.2. The van der Waals surface area contributed by atoms with Gasteiger partial charge in [0.1, 0.15) is 11.2 Å². The summed E-state index contributed by atoms with van der Waals surface area (Å²) >= 11 is 0. The fourth-order valence-corrected chi connectivity index (χ4v) is 2.80. The normalized spacial score (nSPS) is 16.0. The molecule has 2 aromatic rings. The Hall–Kier alpha value is -2.17. The van der Waals surface area contributed by atoms with Gasteiger partial charge in [0.05, 0.1) is 5.39 Å². The number of carbonyl (C=O) groups excluding carboxylic acids is 1. The number of pyridine rings is 2. The van der Waals surface area contributed by atoms with Crippen molar-refractivity contribution in [2.75, 3.05) is 13.1 Å². The predicted octanol–water partition coefficient (Wildman–Crippen LogP) is 2.25. The molecule has 1 amide bonds. The van der Waals surface area contributed by atoms with Gasteiger partial charge >= 0.3 is 0 Å². The van der Waals surface area contributed by atoms with Crippen molar-refractivity contribution in [3.05, 3.63) is 39.8 Å². The van der Waals surface area contributed by atoms with E-state index in [2.05, 4.69) is 9.97 Å². The van der Waals surface area contributed by atoms with Crippen molar-refractivity contribution >= 4 is 16.9 Å². The van der Waals surface area contributed by atoms with Crippen molar-refractivity contribution in [1.82, 2.24) is 14.9 Å². The molecule has 1 aliphatic rings. The highest BCUT2D eigenvalue weighted by Gasteiger charge is 2.20. The Kier molecular flexibility index (Phi) is 3.73. The number of aryl methyl sites for hydroxylation is 1. The number of H-pyrrole nitrogens is 1. The number of carbonyl (C=O) groups is 1. The second kappa shape index (κ2) is 5.68. The van der Waals surface area contributed by atoms with Crippen molar-refractivity contribution in [2.45, 2.75) is 32.6 Å². The van der Waals surface area contributed by atoms with E-state index < -0.39 is 0 Å². The van der Waals surface area contributed by atoms with Gasteiger partial charge in [-0.2, -0.15) is 0 Å². The Labute approximate surface area is 123 Å². The van der Waals surface area contributed by atoms with E-state index in [1.165, 1.54) is 6.20 Å². The Bertz CT molecular complexity index is 728. The maximum atomic E-state index is 12.6. The first-order chi connectivity index (χ1) is 10.2. The van der Waals surface area contributed by atoms with Crippen molar-refractivity contribution < 1.29 is 4.79 Å². The summed E-state index contributed by atoms with van der Waals surface area (Å²) < 4.78 is 0. The molecule has 1 aliphatic heterocycles. The van der Waals surface area contributed by atoms with Gasteiger partial charge in [-0.25, -0.2) is 4.98 Å². The summed E-state index contributed by atoms with van der Waals surface area (Å²) in [5.74, 6) is -0.166. The van der Waals surface area contributed by atoms with E-state index in [9.17, 15) is 9.59 Å². The highest BCUT2D eigenvalue weighted by Crippen LogP contribution is 2.13. The number of amides is 1. The largest absolute Gasteiger partial charge is 0.345 e. The van der Waals surface area contributed by atoms with Gasteiger partial charge < -0.3 is 9.88 Å². The minimum Gasteiger partial charge on any atom is -0.345 e. The minimum absolute atomic E-state index is 0.166. The van der Waals surface area contributed by atoms with Gasteiger partial charge in [-0.05, 0) is 31.9 Å². The van der Waals surface area contributed by atoms with Gasteiger partial charge in [-0.15, -0.1) is 0 Å². The number of likely N-dealkylation sites (tertiary alicyclic amines) is 1. The van der Waals surface area contributed by atoms with Crippen LogP contribution in [0.3, 0.4) is 0 Å². The van der Waals surface area contributed by atoms with Crippen LogP contribution in [0.5, 0.6) is 0 Å². The van der Waals surface area contributed by atoms with E-state index in [-0.39, 0.29) is 16.9 Å². The molecule has 1 N–H and O–H groups in total. The van der Waals surface area contributed by atoms with Crippen LogP contribution >= 0.6 is 0 Å². The molecule has 0 unspecified atom stereocenters. The minimum atomic E-state index is -0.231. The molecule has 0 spiro atoms. The first kappa shape index (κ1) is 13.8. The third kappa shape index (κ3) is 2.68. The topological polar surface area (TPSA) is 66.1 Å². The van der Waals surface area contributed by atoms with Crippen LogP contribution in [0, 0.1) is 6.92 Å². The van der Waals surface area contributed by atoms with Crippen LogP contribution in [0.25, 0.3) is 11.0 Å². The maximum absolute atomic E-state index is 12.6. The number of aromatic amines is 1. The van der Waals surface area contributed by atoms with Gasteiger partial charge in [0, 0.05) is 25.0 Å². The molecule has 0 aromatic carbocycles. The molecule has 0 bridgehead atoms. The Balaban J connectivity index is 2.00. The Morgan fingerprint density at radius 3 is 2.62 bits per heavy atom. The summed E-state index contributed by atoms with van der Waals surface area (Å²) in [7, 11) is 0. The standard InChI is InChI=1S/C16H19N3O2/c1-11-6-7-12-14(20)13(10-17-15(12)18-11)16(21)19-8-4-2-3-5-9-19/h6-7,10H,2-5,8-9H2,1H3,(H,17,18,20). The van der Waals surface area contributed by atoms with E-state index in [1.54, 1.807) is 17.0 Å². The smallest absolute Gasteiger partial charge is 0.259 e. The highest BCUT2D eigenvalue weighted by molar-refractivity contribution is 5.96. The number of nitrogens with zero attached hydrogens (tertiary/aromatic N) is 2. The fraction of sp³-hybridized carbons (Fsp3) is 0.438. The molecule has 5 heteroatoms. The van der Waals surface area contributed by atoms with E-state index in [1.807, 2.05) is 6.92 Å². The molecule has 2 aromatic heterocycles. The quantitative estimate of drug-likeness (QED) is 0.874. The van der Waals surface area contributed by atoms with Gasteiger partial charge in [0.15, 0.2) is 0 Å². The number of rotatable bonds is 1. The van der Waals surface area contributed by atoms with Crippen LogP contribution < -0.4 is 5.43 Å². The third-order valence-corrected chi connectivity index (χ3v) is 4.00. The zero-order valence-corrected chi connectivity index (χ0v) is 12.2. The second-order valence-electron chi connectivity index (χ2n) is 5.59. The summed E-state index contributed by atoms with van der Waals surface area (Å²) in [6.45, 7) is 3.35. The molecule has 0 atom stereocenters. The molecule has 0 saturated carbocycles. The van der Waals surface area contributed by atoms with Gasteiger partial charge in [-0.1, -0.05) is 12.8 Å². The lowest BCUT2D eigenvalue weighted by Gasteiger charge is -2.19. The monoisotopic (exact) mass is 285 g/mol. The third-order valence-electron chi connectivity index (χ3n) is 4.00. The number of aromatic nitrogens is 2. The SMILES string of the molecule is Cc1ccc2c(=O)c(C(=O)N3CCCCCC3)c[nH]c2n1. The summed E-state index contributed by atoms with van der Waals surface area (Å²) in [5.41, 5.74) is 1.36. The molecular weight excluding hydrogens is 266 g/mol. The maximum Gasteiger partial charge on any atom is 0.259 e. The molecule has 3 rings (SSSR count). The zero-order chi connectivity index (χ0) is 14.8. The summed E-state index contributed by atoms with van der Waals surface area (Å²) in [6.07, 6.45) is 5.84. The van der Waals surface area contributed by atoms with Gasteiger partial charge in [0.2, 0.25) is 5.43 Å². The summed E-state index contributed by atoms with van der Waals surface area (Å²) in [5, 5.41) is 0.473. The van der Waals surface area contributed by atoms with Crippen molar-refractivity contribution in [3.8, 4) is 0 Å². The van der Waals surface area contributed by atoms with Crippen LogP contribution in [-0.4, -0.2) is 33.9 Å². The summed E-state index contributed by atoms with van der Waals surface area (Å²) in [6, 6.07) is 3.52. The van der Waals surface area contributed by atoms with Crippen LogP contribution in [0.15, 0.2) is 23.1 Å². The lowest BCUT2D eigenvalue weighted by atomic mass is 10.1. The molecule has 21 heavy (non-hydrogen) atoms. The lowest BCUT2D eigenvalue weighted by molar-refractivity contribution is 0.0760. The van der Waals surface area contributed by atoms with E-state index in [0.717, 1.165) is 44.5 Å². The number of hydrogen-bond acceptors (Lipinski definition) is 3. The van der Waals surface area contributed by atoms with Gasteiger partial charge in [-0.3, -0.25) is 9.59 Å². The van der Waals surface area contributed by atoms with Crippen LogP contribution in [0.2, 0.25) is 0 Å². The Morgan fingerprint density at radius 1 is 1.19 bits per heavy atom. The first-order valence-corrected chi connectivity index (χ1v) is 7.45. The second-order valence-corrected chi connectivity index (χ2v) is 5.59. The molecule has 3 heterocycles. The van der Waals surface area contributed by atoms with Crippen molar-refractivity contribution in [3.63, 3.8) is 0 Å². The predicted molar refractivity (Wildman–Crippen MR) is 81.5 cm³/mol. The average molecular weight is 285 g/mol. The van der Waals surface area contributed by atoms with E-state index in [0.29, 0.717) is 11.0 Å². The molecule has 0 aliphatic carbocycles. The lowest BCUT2D eigenvalue weighted by Crippen LogP contribution is -2.35. The van der Waals surface area contributed by atoms with Crippen LogP contribution in [-0.2, 0) is 0 Å². The molecule has 5 nitrogen and oxygen atoms in total. The van der Waals surface area contributed by atoms with Gasteiger partial charge in [0.25, 0.3) is 5.91 Å². The molecule has 1 saturated heterocycles. The fourth-order valence-electron chi connectivity index (χ4n) is 2.80. The van der Waals surface area contributed by atoms with Crippen molar-refractivity contribution in [2.24, 2.45) is 0 Å². The molecule has 110 valence electrons. The number of nitrogens with one attached hydrogen (secondary N) is 1. The number of fused-ring (bicyclic) bond motifs is 1.